The molecule has 0 unspecified atom stereocenters. The molecule has 1 aromatic rings. The highest BCUT2D eigenvalue weighted by Crippen LogP contribution is 2.36. The molecule has 3 N–H and O–H groups in total. The smallest absolute Gasteiger partial charge is 0.252 e. The Bertz CT molecular complexity index is 937. The van der Waals surface area contributed by atoms with E-state index in [-0.39, 0.29) is 36.8 Å². The number of carbonyl (C=O) groups is 3. The molecule has 9 heteroatoms. The number of benzene rings is 1. The molecule has 184 valence electrons. The number of amides is 2. The highest BCUT2D eigenvalue weighted by molar-refractivity contribution is 6.01. The zero-order valence-corrected chi connectivity index (χ0v) is 19.9. The van der Waals surface area contributed by atoms with Crippen LogP contribution in [0.15, 0.2) is 24.3 Å². The first-order valence-electron chi connectivity index (χ1n) is 12.5. The molecule has 3 atom stereocenters. The van der Waals surface area contributed by atoms with Crippen molar-refractivity contribution in [1.82, 2.24) is 15.1 Å². The van der Waals surface area contributed by atoms with Gasteiger partial charge in [-0.2, -0.15) is 0 Å². The number of anilines is 1. The number of likely N-dealkylation sites (tertiary alicyclic amines) is 1. The lowest BCUT2D eigenvalue weighted by Crippen LogP contribution is -2.60. The first kappa shape index (κ1) is 23.3. The summed E-state index contributed by atoms with van der Waals surface area (Å²) in [6, 6.07) is 6.61. The first-order valence-corrected chi connectivity index (χ1v) is 12.5. The molecule has 3 saturated heterocycles. The van der Waals surface area contributed by atoms with Gasteiger partial charge in [-0.15, -0.1) is 0 Å². The SMILES string of the molecule is CCN1CCN(c2ccc(C(=O)NC3(C(=O)N4C[C@@H](N)[C@H]5OCC(=O)[C@H]54)CCCC3)cc2)CC1. The minimum absolute atomic E-state index is 0.00792. The van der Waals surface area contributed by atoms with Crippen molar-refractivity contribution in [2.75, 3.05) is 50.8 Å². The second-order valence-electron chi connectivity index (χ2n) is 10.0. The van der Waals surface area contributed by atoms with E-state index in [1.807, 2.05) is 24.3 Å². The molecule has 0 aromatic heterocycles. The van der Waals surface area contributed by atoms with Gasteiger partial charge in [-0.1, -0.05) is 19.8 Å². The van der Waals surface area contributed by atoms with Gasteiger partial charge in [0.15, 0.2) is 5.78 Å². The fourth-order valence-electron chi connectivity index (χ4n) is 5.98. The largest absolute Gasteiger partial charge is 0.369 e. The number of hydrogen-bond donors (Lipinski definition) is 2. The maximum Gasteiger partial charge on any atom is 0.252 e. The molecule has 34 heavy (non-hydrogen) atoms. The van der Waals surface area contributed by atoms with Gasteiger partial charge in [-0.05, 0) is 43.7 Å². The van der Waals surface area contributed by atoms with E-state index in [4.69, 9.17) is 10.5 Å². The summed E-state index contributed by atoms with van der Waals surface area (Å²) in [6.07, 6.45) is 2.39. The third kappa shape index (κ3) is 4.10. The van der Waals surface area contributed by atoms with E-state index in [1.165, 1.54) is 0 Å². The number of rotatable bonds is 5. The maximum absolute atomic E-state index is 13.7. The number of ketones is 1. The van der Waals surface area contributed by atoms with Crippen molar-refractivity contribution in [2.45, 2.75) is 56.3 Å². The van der Waals surface area contributed by atoms with Gasteiger partial charge < -0.3 is 30.5 Å². The van der Waals surface area contributed by atoms with Crippen LogP contribution in [0.2, 0.25) is 0 Å². The number of fused-ring (bicyclic) bond motifs is 1. The molecule has 2 amide bonds. The van der Waals surface area contributed by atoms with Crippen molar-refractivity contribution in [3.05, 3.63) is 29.8 Å². The summed E-state index contributed by atoms with van der Waals surface area (Å²) in [5, 5.41) is 3.06. The average molecular weight is 470 g/mol. The quantitative estimate of drug-likeness (QED) is 0.642. The molecule has 3 heterocycles. The molecule has 0 spiro atoms. The molecule has 1 saturated carbocycles. The normalized spacial score (nSPS) is 28.9. The average Bonchev–Trinajstić information content (AvgIpc) is 3.57. The van der Waals surface area contributed by atoms with Crippen LogP contribution in [0.25, 0.3) is 0 Å². The third-order valence-electron chi connectivity index (χ3n) is 8.02. The van der Waals surface area contributed by atoms with E-state index in [0.29, 0.717) is 18.4 Å². The van der Waals surface area contributed by atoms with E-state index in [2.05, 4.69) is 22.0 Å². The lowest BCUT2D eigenvalue weighted by atomic mass is 9.93. The molecule has 3 aliphatic heterocycles. The van der Waals surface area contributed by atoms with Gasteiger partial charge in [0.2, 0.25) is 5.91 Å². The zero-order valence-electron chi connectivity index (χ0n) is 19.9. The Morgan fingerprint density at radius 3 is 2.44 bits per heavy atom. The predicted octanol–water partition coefficient (Wildman–Crippen LogP) is 0.377. The van der Waals surface area contributed by atoms with Gasteiger partial charge in [-0.3, -0.25) is 14.4 Å². The van der Waals surface area contributed by atoms with Crippen LogP contribution < -0.4 is 16.0 Å². The second kappa shape index (κ2) is 9.28. The van der Waals surface area contributed by atoms with Crippen molar-refractivity contribution in [1.29, 1.82) is 0 Å². The summed E-state index contributed by atoms with van der Waals surface area (Å²) < 4.78 is 5.54. The van der Waals surface area contributed by atoms with Crippen molar-refractivity contribution < 1.29 is 19.1 Å². The number of hydrogen-bond acceptors (Lipinski definition) is 7. The van der Waals surface area contributed by atoms with E-state index in [0.717, 1.165) is 51.3 Å². The second-order valence-corrected chi connectivity index (χ2v) is 10.0. The highest BCUT2D eigenvalue weighted by Gasteiger charge is 2.55. The molecule has 0 radical (unpaired) electrons. The number of nitrogens with zero attached hydrogens (tertiary/aromatic N) is 3. The van der Waals surface area contributed by atoms with Crippen LogP contribution in [0.5, 0.6) is 0 Å². The molecule has 4 aliphatic rings. The Hall–Kier alpha value is -2.49. The Morgan fingerprint density at radius 1 is 1.12 bits per heavy atom. The third-order valence-corrected chi connectivity index (χ3v) is 8.02. The number of carbonyl (C=O) groups excluding carboxylic acids is 3. The molecule has 9 nitrogen and oxygen atoms in total. The van der Waals surface area contributed by atoms with Gasteiger partial charge in [0.1, 0.15) is 24.3 Å². The molecule has 5 rings (SSSR count). The fourth-order valence-corrected chi connectivity index (χ4v) is 5.98. The van der Waals surface area contributed by atoms with E-state index >= 15 is 0 Å². The van der Waals surface area contributed by atoms with Gasteiger partial charge in [0.25, 0.3) is 5.91 Å². The van der Waals surface area contributed by atoms with Crippen LogP contribution >= 0.6 is 0 Å². The van der Waals surface area contributed by atoms with Gasteiger partial charge in [0, 0.05) is 44.0 Å². The topological polar surface area (TPSA) is 108 Å². The van der Waals surface area contributed by atoms with Crippen LogP contribution in [0.3, 0.4) is 0 Å². The summed E-state index contributed by atoms with van der Waals surface area (Å²) in [4.78, 5) is 45.7. The molecule has 0 bridgehead atoms. The molecular weight excluding hydrogens is 434 g/mol. The monoisotopic (exact) mass is 469 g/mol. The number of nitrogens with one attached hydrogen (secondary N) is 1. The van der Waals surface area contributed by atoms with Crippen LogP contribution in [0.1, 0.15) is 43.0 Å². The van der Waals surface area contributed by atoms with E-state index in [1.54, 1.807) is 4.90 Å². The van der Waals surface area contributed by atoms with Gasteiger partial charge >= 0.3 is 0 Å². The molecular formula is C25H35N5O4. The predicted molar refractivity (Wildman–Crippen MR) is 128 cm³/mol. The first-order chi connectivity index (χ1) is 16.4. The maximum atomic E-state index is 13.7. The summed E-state index contributed by atoms with van der Waals surface area (Å²) >= 11 is 0. The summed E-state index contributed by atoms with van der Waals surface area (Å²) in [7, 11) is 0. The molecule has 1 aliphatic carbocycles. The Balaban J connectivity index is 1.28. The van der Waals surface area contributed by atoms with Crippen LogP contribution in [-0.2, 0) is 14.3 Å². The van der Waals surface area contributed by atoms with Crippen LogP contribution in [0, 0.1) is 0 Å². The Morgan fingerprint density at radius 2 is 1.79 bits per heavy atom. The fraction of sp³-hybridized carbons (Fsp3) is 0.640. The molecule has 1 aromatic carbocycles. The number of nitrogens with two attached hydrogens (primary N) is 1. The lowest BCUT2D eigenvalue weighted by molar-refractivity contribution is -0.142. The molecule has 4 fully saturated rings. The lowest BCUT2D eigenvalue weighted by Gasteiger charge is -2.36. The minimum atomic E-state index is -0.996. The van der Waals surface area contributed by atoms with Crippen molar-refractivity contribution in [3.8, 4) is 0 Å². The van der Waals surface area contributed by atoms with Gasteiger partial charge in [0.05, 0.1) is 6.04 Å². The van der Waals surface area contributed by atoms with Crippen LogP contribution in [0.4, 0.5) is 5.69 Å². The summed E-state index contributed by atoms with van der Waals surface area (Å²) in [6.45, 7) is 7.54. The van der Waals surface area contributed by atoms with E-state index < -0.39 is 17.7 Å². The Kier molecular flexibility index (Phi) is 6.35. The zero-order chi connectivity index (χ0) is 23.9. The summed E-state index contributed by atoms with van der Waals surface area (Å²) in [5.74, 6) is -0.571. The van der Waals surface area contributed by atoms with E-state index in [9.17, 15) is 14.4 Å². The van der Waals surface area contributed by atoms with Crippen molar-refractivity contribution in [2.24, 2.45) is 5.73 Å². The van der Waals surface area contributed by atoms with Crippen LogP contribution in [-0.4, -0.2) is 97.0 Å². The number of Topliss-reactive ketones (excluding diaryl/α,β-unsaturated/α-hetero) is 1. The van der Waals surface area contributed by atoms with Gasteiger partial charge in [-0.25, -0.2) is 0 Å². The number of likely N-dealkylation sites (N-methyl/N-ethyl adjacent to an activating group) is 1. The minimum Gasteiger partial charge on any atom is -0.369 e. The number of ether oxygens (including phenoxy) is 1. The highest BCUT2D eigenvalue weighted by atomic mass is 16.5. The van der Waals surface area contributed by atoms with Crippen molar-refractivity contribution >= 4 is 23.3 Å². The van der Waals surface area contributed by atoms with Crippen molar-refractivity contribution in [3.63, 3.8) is 0 Å². The standard InChI is InChI=1S/C25H35N5O4/c1-2-28-11-13-29(14-12-28)18-7-5-17(6-8-18)23(32)27-25(9-3-4-10-25)24(33)30-15-19(26)22-21(30)20(31)16-34-22/h5-8,19,21-22H,2-4,9-16,26H2,1H3,(H,27,32)/t19-,21-,22-/m1/s1. The Labute approximate surface area is 200 Å². The summed E-state index contributed by atoms with van der Waals surface area (Å²) in [5.41, 5.74) is 6.82. The number of piperazine rings is 1.